The fraction of sp³-hybridized carbons (Fsp3) is 0.240. The van der Waals surface area contributed by atoms with Gasteiger partial charge in [0.25, 0.3) is 0 Å². The number of carbonyl (C=O) groups excluding carboxylic acids is 1. The molecule has 0 aliphatic heterocycles. The molecule has 0 aliphatic rings. The summed E-state index contributed by atoms with van der Waals surface area (Å²) in [5, 5.41) is 6.11. The number of thiophene rings is 1. The van der Waals surface area contributed by atoms with Gasteiger partial charge in [-0.3, -0.25) is 0 Å². The molecule has 0 radical (unpaired) electrons. The van der Waals surface area contributed by atoms with Gasteiger partial charge in [-0.05, 0) is 40.4 Å². The molecule has 0 fully saturated rings. The van der Waals surface area contributed by atoms with Crippen LogP contribution >= 0.6 is 22.7 Å². The number of aromatic nitrogens is 2. The number of carbonyl (C=O) groups is 1. The zero-order valence-corrected chi connectivity index (χ0v) is 21.7. The number of ether oxygens (including phenoxy) is 1. The van der Waals surface area contributed by atoms with E-state index in [-0.39, 0.29) is 6.61 Å². The van der Waals surface area contributed by atoms with Crippen LogP contribution in [0.5, 0.6) is 0 Å². The average Bonchev–Trinajstić information content (AvgIpc) is 3.53. The number of hydrogen-bond donors (Lipinski definition) is 2. The van der Waals surface area contributed by atoms with Gasteiger partial charge in [0.05, 0.1) is 0 Å². The molecule has 1 amide bonds. The Morgan fingerprint density at radius 2 is 2.14 bits per heavy atom. The zero-order valence-electron chi connectivity index (χ0n) is 19.3. The minimum atomic E-state index is -1.17. The number of anilines is 1. The van der Waals surface area contributed by atoms with E-state index in [0.29, 0.717) is 22.2 Å². The summed E-state index contributed by atoms with van der Waals surface area (Å²) in [6.45, 7) is 6.14. The second kappa shape index (κ2) is 11.7. The topological polar surface area (TPSA) is 113 Å². The van der Waals surface area contributed by atoms with Crippen LogP contribution < -0.4 is 11.1 Å². The Morgan fingerprint density at radius 1 is 1.34 bits per heavy atom. The molecule has 0 spiro atoms. The highest BCUT2D eigenvalue weighted by Crippen LogP contribution is 2.43. The zero-order chi connectivity index (χ0) is 24.8. The quantitative estimate of drug-likeness (QED) is 0.194. The van der Waals surface area contributed by atoms with Crippen molar-refractivity contribution in [1.29, 1.82) is 0 Å². The number of unbranched alkanes of at least 4 members (excludes halogenated alkanes) is 1. The molecule has 1 unspecified atom stereocenters. The monoisotopic (exact) mass is 526 g/mol. The molecule has 0 saturated heterocycles. The predicted octanol–water partition coefficient (Wildman–Crippen LogP) is 5.99. The Labute approximate surface area is 215 Å². The van der Waals surface area contributed by atoms with Crippen molar-refractivity contribution in [3.63, 3.8) is 0 Å². The van der Waals surface area contributed by atoms with Crippen LogP contribution in [0.3, 0.4) is 0 Å². The first-order valence-corrected chi connectivity index (χ1v) is 14.2. The van der Waals surface area contributed by atoms with Gasteiger partial charge in [0.1, 0.15) is 33.6 Å². The van der Waals surface area contributed by atoms with Crippen LogP contribution in [0.4, 0.5) is 10.5 Å². The van der Waals surface area contributed by atoms with Crippen molar-refractivity contribution in [2.75, 3.05) is 18.0 Å². The minimum absolute atomic E-state index is 0.153. The van der Waals surface area contributed by atoms with Gasteiger partial charge in [-0.1, -0.05) is 55.0 Å². The maximum atomic E-state index is 12.9. The number of rotatable bonds is 10. The van der Waals surface area contributed by atoms with Gasteiger partial charge in [0.15, 0.2) is 0 Å². The van der Waals surface area contributed by atoms with Crippen molar-refractivity contribution in [2.45, 2.75) is 30.6 Å². The van der Waals surface area contributed by atoms with E-state index < -0.39 is 17.3 Å². The van der Waals surface area contributed by atoms with E-state index in [1.54, 1.807) is 12.3 Å². The van der Waals surface area contributed by atoms with E-state index in [0.717, 1.165) is 50.5 Å². The number of nitrogens with zero attached hydrogens (tertiary/aromatic N) is 2. The molecular formula is C25H26N4O3S3. The second-order valence-electron chi connectivity index (χ2n) is 7.72. The molecule has 35 heavy (non-hydrogen) atoms. The molecule has 10 heteroatoms. The van der Waals surface area contributed by atoms with E-state index in [1.807, 2.05) is 35.7 Å². The number of benzene rings is 1. The van der Waals surface area contributed by atoms with Crippen LogP contribution in [-0.4, -0.2) is 32.9 Å². The third-order valence-corrected chi connectivity index (χ3v) is 9.02. The summed E-state index contributed by atoms with van der Waals surface area (Å²) in [7, 11) is 0. The number of amides is 1. The number of hydrogen-bond acceptors (Lipinski definition) is 8. The van der Waals surface area contributed by atoms with Crippen molar-refractivity contribution in [3.8, 4) is 21.8 Å². The highest BCUT2D eigenvalue weighted by atomic mass is 32.2. The molecule has 182 valence electrons. The van der Waals surface area contributed by atoms with Gasteiger partial charge in [-0.25, -0.2) is 14.8 Å². The highest BCUT2D eigenvalue weighted by Gasteiger charge is 2.25. The third-order valence-electron chi connectivity index (χ3n) is 5.23. The molecule has 3 aromatic heterocycles. The first-order valence-electron chi connectivity index (χ1n) is 11.1. The lowest BCUT2D eigenvalue weighted by atomic mass is 10.0. The van der Waals surface area contributed by atoms with Crippen LogP contribution in [0.2, 0.25) is 0 Å². The number of thiazole rings is 1. The molecule has 7 nitrogen and oxygen atoms in total. The number of pyridine rings is 1. The Bertz CT molecular complexity index is 1300. The fourth-order valence-electron chi connectivity index (χ4n) is 3.46. The number of alkyl carbamates (subject to hydrolysis) is 1. The van der Waals surface area contributed by atoms with Crippen LogP contribution in [-0.2, 0) is 22.5 Å². The van der Waals surface area contributed by atoms with Crippen molar-refractivity contribution >= 4 is 55.8 Å². The standard InChI is InChI=1S/C25H26N4O3S3/c1-3-5-13-35(31)24-21(26)20-18(14-19(29-23(20)34-24)22-27-11-12-33-22)17-8-6-16(7-9-17)15-32-25(30)28-10-4-2/h4,6-9,11-12,14H,2-3,5,10,13,15,26H2,1H3,(H,28,30). The van der Waals surface area contributed by atoms with E-state index in [2.05, 4.69) is 23.8 Å². The molecule has 1 atom stereocenters. The Hall–Kier alpha value is -2.92. The van der Waals surface area contributed by atoms with Gasteiger partial charge in [0.2, 0.25) is 4.21 Å². The smallest absolute Gasteiger partial charge is 0.407 e. The minimum Gasteiger partial charge on any atom is -0.611 e. The SMILES string of the molecule is C=CCNC(=O)OCc1ccc(-c2cc(-c3nccs3)nc3sc([S+]([O-])CCCC)c(N)c23)cc1. The summed E-state index contributed by atoms with van der Waals surface area (Å²) in [5.74, 6) is 0.581. The Morgan fingerprint density at radius 3 is 2.83 bits per heavy atom. The maximum absolute atomic E-state index is 12.9. The lowest BCUT2D eigenvalue weighted by Gasteiger charge is -2.10. The summed E-state index contributed by atoms with van der Waals surface area (Å²) in [6, 6.07) is 9.73. The van der Waals surface area contributed by atoms with Gasteiger partial charge in [-0.2, -0.15) is 0 Å². The van der Waals surface area contributed by atoms with E-state index in [9.17, 15) is 9.35 Å². The summed E-state index contributed by atoms with van der Waals surface area (Å²) in [4.78, 5) is 21.7. The van der Waals surface area contributed by atoms with Gasteiger partial charge in [-0.15, -0.1) is 17.9 Å². The van der Waals surface area contributed by atoms with Gasteiger partial charge >= 0.3 is 6.09 Å². The summed E-state index contributed by atoms with van der Waals surface area (Å²) in [5.41, 5.74) is 10.5. The predicted molar refractivity (Wildman–Crippen MR) is 145 cm³/mol. The van der Waals surface area contributed by atoms with Crippen LogP contribution in [0.25, 0.3) is 32.0 Å². The molecular weight excluding hydrogens is 501 g/mol. The summed E-state index contributed by atoms with van der Waals surface area (Å²) < 4.78 is 18.8. The Kier molecular flexibility index (Phi) is 8.40. The molecule has 4 aromatic rings. The van der Waals surface area contributed by atoms with Crippen molar-refractivity contribution < 1.29 is 14.1 Å². The molecule has 3 N–H and O–H groups in total. The number of nitrogens with one attached hydrogen (secondary N) is 1. The largest absolute Gasteiger partial charge is 0.611 e. The molecule has 1 aromatic carbocycles. The second-order valence-corrected chi connectivity index (χ2v) is 11.4. The number of nitrogens with two attached hydrogens (primary N) is 1. The molecule has 3 heterocycles. The van der Waals surface area contributed by atoms with Crippen molar-refractivity contribution in [3.05, 3.63) is 60.1 Å². The van der Waals surface area contributed by atoms with Crippen LogP contribution in [0, 0.1) is 0 Å². The molecule has 0 aliphatic carbocycles. The third kappa shape index (κ3) is 5.84. The van der Waals surface area contributed by atoms with Gasteiger partial charge in [0, 0.05) is 23.5 Å². The molecule has 0 bridgehead atoms. The Balaban J connectivity index is 1.70. The van der Waals surface area contributed by atoms with Crippen molar-refractivity contribution in [1.82, 2.24) is 15.3 Å². The van der Waals surface area contributed by atoms with Crippen molar-refractivity contribution in [2.24, 2.45) is 0 Å². The normalized spacial score (nSPS) is 11.9. The molecule has 0 saturated carbocycles. The molecule has 4 rings (SSSR count). The fourth-order valence-corrected chi connectivity index (χ4v) is 6.85. The first-order chi connectivity index (χ1) is 17.0. The van der Waals surface area contributed by atoms with Crippen LogP contribution in [0.1, 0.15) is 25.3 Å². The average molecular weight is 527 g/mol. The van der Waals surface area contributed by atoms with Crippen LogP contribution in [0.15, 0.2) is 58.8 Å². The lowest BCUT2D eigenvalue weighted by Crippen LogP contribution is -2.23. The number of fused-ring (bicyclic) bond motifs is 1. The lowest BCUT2D eigenvalue weighted by molar-refractivity contribution is 0.141. The van der Waals surface area contributed by atoms with E-state index in [4.69, 9.17) is 15.5 Å². The summed E-state index contributed by atoms with van der Waals surface area (Å²) in [6.07, 6.45) is 4.69. The van der Waals surface area contributed by atoms with E-state index >= 15 is 0 Å². The first kappa shape index (κ1) is 25.2. The maximum Gasteiger partial charge on any atom is 0.407 e. The summed E-state index contributed by atoms with van der Waals surface area (Å²) >= 11 is 1.74. The highest BCUT2D eigenvalue weighted by molar-refractivity contribution is 7.93. The van der Waals surface area contributed by atoms with E-state index in [1.165, 1.54) is 22.7 Å². The number of nitrogen functional groups attached to an aromatic ring is 1. The van der Waals surface area contributed by atoms with Gasteiger partial charge < -0.3 is 20.3 Å².